The molecule has 154 valence electrons. The number of aryl methyl sites for hydroxylation is 1. The Kier molecular flexibility index (Phi) is 7.49. The van der Waals surface area contributed by atoms with Crippen LogP contribution in [0.25, 0.3) is 6.08 Å². The summed E-state index contributed by atoms with van der Waals surface area (Å²) in [5.41, 5.74) is 2.60. The number of rotatable bonds is 7. The summed E-state index contributed by atoms with van der Waals surface area (Å²) >= 11 is 7.63. The Labute approximate surface area is 185 Å². The van der Waals surface area contributed by atoms with Crippen LogP contribution in [0.3, 0.4) is 0 Å². The van der Waals surface area contributed by atoms with Crippen LogP contribution in [0.1, 0.15) is 24.5 Å². The average molecular weight is 441 g/mol. The highest BCUT2D eigenvalue weighted by molar-refractivity contribution is 8.19. The number of amides is 1. The van der Waals surface area contributed by atoms with E-state index in [2.05, 4.69) is 11.9 Å². The molecule has 7 heteroatoms. The molecule has 5 nitrogen and oxygen atoms in total. The van der Waals surface area contributed by atoms with Crippen molar-refractivity contribution in [3.05, 3.63) is 75.9 Å². The van der Waals surface area contributed by atoms with E-state index >= 15 is 0 Å². The third-order valence-electron chi connectivity index (χ3n) is 4.24. The minimum Gasteiger partial charge on any atom is -0.463 e. The zero-order valence-corrected chi connectivity index (χ0v) is 18.2. The van der Waals surface area contributed by atoms with Gasteiger partial charge in [-0.3, -0.25) is 19.5 Å². The number of carbonyl (C=O) groups excluding carboxylic acids is 2. The molecule has 1 fully saturated rings. The summed E-state index contributed by atoms with van der Waals surface area (Å²) < 4.78 is 5.31. The summed E-state index contributed by atoms with van der Waals surface area (Å²) in [6.07, 6.45) is 5.81. The highest BCUT2D eigenvalue weighted by atomic mass is 35.5. The van der Waals surface area contributed by atoms with Gasteiger partial charge < -0.3 is 4.74 Å². The smallest absolute Gasteiger partial charge is 0.271 e. The molecular weight excluding hydrogens is 420 g/mol. The Morgan fingerprint density at radius 2 is 2.03 bits per heavy atom. The summed E-state index contributed by atoms with van der Waals surface area (Å²) in [6, 6.07) is 13.0. The predicted molar refractivity (Wildman–Crippen MR) is 124 cm³/mol. The summed E-state index contributed by atoms with van der Waals surface area (Å²) in [6.45, 7) is 4.68. The van der Waals surface area contributed by atoms with E-state index in [1.54, 1.807) is 29.2 Å². The van der Waals surface area contributed by atoms with Gasteiger partial charge in [0.25, 0.3) is 5.91 Å². The van der Waals surface area contributed by atoms with Gasteiger partial charge in [0.1, 0.15) is 12.0 Å². The number of hydrogen-bond donors (Lipinski definition) is 0. The molecule has 3 rings (SSSR count). The van der Waals surface area contributed by atoms with Crippen LogP contribution in [0.2, 0.25) is 5.02 Å². The van der Waals surface area contributed by atoms with Crippen LogP contribution in [-0.4, -0.2) is 23.9 Å². The van der Waals surface area contributed by atoms with Gasteiger partial charge in [0.15, 0.2) is 5.17 Å². The third kappa shape index (κ3) is 5.01. The van der Waals surface area contributed by atoms with Gasteiger partial charge in [0.05, 0.1) is 21.9 Å². The highest BCUT2D eigenvalue weighted by Gasteiger charge is 2.35. The number of aldehydes is 1. The van der Waals surface area contributed by atoms with Gasteiger partial charge in [-0.1, -0.05) is 42.8 Å². The second-order valence-corrected chi connectivity index (χ2v) is 7.89. The van der Waals surface area contributed by atoms with Gasteiger partial charge in [0.2, 0.25) is 0 Å². The number of aliphatic imine (C=N–C) groups is 1. The molecule has 0 N–H and O–H groups in total. The van der Waals surface area contributed by atoms with Crippen LogP contribution in [0, 0.1) is 6.92 Å². The van der Waals surface area contributed by atoms with Crippen LogP contribution >= 0.6 is 23.4 Å². The molecule has 30 heavy (non-hydrogen) atoms. The molecule has 0 unspecified atom stereocenters. The zero-order valence-electron chi connectivity index (χ0n) is 16.7. The number of hydrogen-bond acceptors (Lipinski definition) is 5. The first-order valence-corrected chi connectivity index (χ1v) is 10.6. The van der Waals surface area contributed by atoms with Crippen molar-refractivity contribution in [2.24, 2.45) is 4.99 Å². The van der Waals surface area contributed by atoms with E-state index < -0.39 is 0 Å². The molecular formula is C23H21ClN2O3S. The molecule has 0 aliphatic carbocycles. The average Bonchev–Trinajstić information content (AvgIpc) is 3.03. The minimum atomic E-state index is -0.116. The van der Waals surface area contributed by atoms with Crippen molar-refractivity contribution in [1.82, 2.24) is 0 Å². The maximum absolute atomic E-state index is 13.2. The number of thioether (sulfide) groups is 1. The fourth-order valence-corrected chi connectivity index (χ4v) is 4.04. The van der Waals surface area contributed by atoms with E-state index in [0.29, 0.717) is 33.7 Å². The lowest BCUT2D eigenvalue weighted by atomic mass is 10.1. The van der Waals surface area contributed by atoms with Gasteiger partial charge in [-0.05, 0) is 60.5 Å². The lowest BCUT2D eigenvalue weighted by Crippen LogP contribution is -2.29. The van der Waals surface area contributed by atoms with E-state index in [4.69, 9.17) is 16.3 Å². The molecule has 1 saturated heterocycles. The van der Waals surface area contributed by atoms with E-state index in [9.17, 15) is 9.59 Å². The minimum absolute atomic E-state index is 0.116. The second kappa shape index (κ2) is 10.3. The van der Waals surface area contributed by atoms with Crippen LogP contribution in [0.5, 0.6) is 5.75 Å². The molecule has 0 radical (unpaired) electrons. The fourth-order valence-electron chi connectivity index (χ4n) is 2.81. The maximum Gasteiger partial charge on any atom is 0.271 e. The number of ether oxygens (including phenoxy) is 1. The highest BCUT2D eigenvalue weighted by Crippen LogP contribution is 2.38. The molecule has 2 aromatic rings. The van der Waals surface area contributed by atoms with Crippen LogP contribution in [-0.2, 0) is 9.59 Å². The predicted octanol–water partition coefficient (Wildman–Crippen LogP) is 5.63. The first-order chi connectivity index (χ1) is 14.5. The van der Waals surface area contributed by atoms with E-state index in [1.165, 1.54) is 24.1 Å². The molecule has 1 amide bonds. The lowest BCUT2D eigenvalue weighted by Gasteiger charge is -2.17. The number of benzene rings is 2. The Morgan fingerprint density at radius 3 is 2.73 bits per heavy atom. The first kappa shape index (κ1) is 21.9. The monoisotopic (exact) mass is 440 g/mol. The second-order valence-electron chi connectivity index (χ2n) is 6.47. The number of anilines is 1. The Hall–Kier alpha value is -2.83. The van der Waals surface area contributed by atoms with Crippen molar-refractivity contribution in [3.63, 3.8) is 0 Å². The van der Waals surface area contributed by atoms with Crippen molar-refractivity contribution in [1.29, 1.82) is 0 Å². The molecule has 1 aliphatic rings. The van der Waals surface area contributed by atoms with Crippen molar-refractivity contribution in [2.45, 2.75) is 20.3 Å². The maximum atomic E-state index is 13.2. The van der Waals surface area contributed by atoms with Gasteiger partial charge in [-0.2, -0.15) is 0 Å². The van der Waals surface area contributed by atoms with Gasteiger partial charge in [0, 0.05) is 12.6 Å². The Morgan fingerprint density at radius 1 is 1.23 bits per heavy atom. The van der Waals surface area contributed by atoms with Crippen molar-refractivity contribution < 1.29 is 14.3 Å². The van der Waals surface area contributed by atoms with Crippen LogP contribution in [0.15, 0.2) is 64.7 Å². The van der Waals surface area contributed by atoms with Gasteiger partial charge >= 0.3 is 0 Å². The van der Waals surface area contributed by atoms with Crippen molar-refractivity contribution in [2.75, 3.05) is 11.4 Å². The number of halogens is 1. The van der Waals surface area contributed by atoms with Crippen molar-refractivity contribution in [3.8, 4) is 5.75 Å². The zero-order chi connectivity index (χ0) is 21.5. The van der Waals surface area contributed by atoms with E-state index in [1.807, 2.05) is 31.2 Å². The first-order valence-electron chi connectivity index (χ1n) is 9.45. The summed E-state index contributed by atoms with van der Waals surface area (Å²) in [4.78, 5) is 30.4. The number of carbonyl (C=O) groups is 2. The largest absolute Gasteiger partial charge is 0.463 e. The summed E-state index contributed by atoms with van der Waals surface area (Å²) in [5, 5.41) is 1.05. The van der Waals surface area contributed by atoms with Gasteiger partial charge in [-0.15, -0.1) is 0 Å². The molecule has 0 aromatic heterocycles. The number of para-hydroxylation sites is 1. The topological polar surface area (TPSA) is 59.0 Å². The Balaban J connectivity index is 1.92. The summed E-state index contributed by atoms with van der Waals surface area (Å²) in [7, 11) is 0. The standard InChI is InChI=1S/C23H21ClN2O3S/c1-3-11-25-23-26(19-8-5-4-7-16(19)2)22(28)21(30-23)15-17-9-10-20(18(24)14-17)29-13-6-12-27/h4-10,12-15H,3,11H2,1-2H3/b13-6+,21-15+,25-23-. The number of nitrogens with zero attached hydrogens (tertiary/aromatic N) is 2. The normalized spacial score (nSPS) is 16.8. The molecule has 0 bridgehead atoms. The molecule has 1 heterocycles. The number of amidine groups is 1. The SMILES string of the molecule is CCC/N=C1\S/C(=C/c2ccc(O/C=C/C=O)c(Cl)c2)C(=O)N1c1ccccc1C. The molecule has 1 aliphatic heterocycles. The molecule has 0 saturated carbocycles. The fraction of sp³-hybridized carbons (Fsp3) is 0.174. The van der Waals surface area contributed by atoms with E-state index in [-0.39, 0.29) is 5.91 Å². The molecule has 2 aromatic carbocycles. The molecule has 0 atom stereocenters. The van der Waals surface area contributed by atoms with Crippen LogP contribution < -0.4 is 9.64 Å². The number of allylic oxidation sites excluding steroid dienone is 1. The Bertz CT molecular complexity index is 1050. The lowest BCUT2D eigenvalue weighted by molar-refractivity contribution is -0.113. The summed E-state index contributed by atoms with van der Waals surface area (Å²) in [5.74, 6) is 0.309. The molecule has 0 spiro atoms. The quantitative estimate of drug-likeness (QED) is 0.318. The van der Waals surface area contributed by atoms with Crippen molar-refractivity contribution >= 4 is 52.5 Å². The van der Waals surface area contributed by atoms with Gasteiger partial charge in [-0.25, -0.2) is 0 Å². The van der Waals surface area contributed by atoms with E-state index in [0.717, 1.165) is 23.2 Å². The van der Waals surface area contributed by atoms with Crippen LogP contribution in [0.4, 0.5) is 5.69 Å². The third-order valence-corrected chi connectivity index (χ3v) is 5.54.